The highest BCUT2D eigenvalue weighted by Gasteiger charge is 2.16. The molecule has 0 saturated heterocycles. The van der Waals surface area contributed by atoms with Gasteiger partial charge in [-0.1, -0.05) is 0 Å². The summed E-state index contributed by atoms with van der Waals surface area (Å²) in [6.45, 7) is 9.50. The Labute approximate surface area is 260 Å². The fourth-order valence-corrected chi connectivity index (χ4v) is 3.69. The van der Waals surface area contributed by atoms with Crippen LogP contribution in [-0.2, 0) is 19.0 Å². The van der Waals surface area contributed by atoms with Gasteiger partial charge in [-0.2, -0.15) is 0 Å². The lowest BCUT2D eigenvalue weighted by Crippen LogP contribution is -2.36. The van der Waals surface area contributed by atoms with Crippen molar-refractivity contribution in [2.75, 3.05) is 39.3 Å². The first-order valence-electron chi connectivity index (χ1n) is 13.7. The van der Waals surface area contributed by atoms with Crippen LogP contribution in [0.15, 0.2) is 33.8 Å². The minimum absolute atomic E-state index is 0.144. The number of guanidine groups is 1. The number of rotatable bonds is 8. The average molecular weight is 656 g/mol. The first-order valence-corrected chi connectivity index (χ1v) is 14.2. The number of hydrogen-bond donors (Lipinski definition) is 11. The van der Waals surface area contributed by atoms with Crippen molar-refractivity contribution in [1.29, 1.82) is 0 Å². The number of alkyl halides is 1. The molecule has 45 heavy (non-hydrogen) atoms. The lowest BCUT2D eigenvalue weighted by molar-refractivity contribution is 0.438. The third kappa shape index (κ3) is 12.9. The van der Waals surface area contributed by atoms with Crippen molar-refractivity contribution < 1.29 is 0 Å². The zero-order valence-electron chi connectivity index (χ0n) is 25.4. The fourth-order valence-electron chi connectivity index (χ4n) is 3.42. The van der Waals surface area contributed by atoms with E-state index in [2.05, 4.69) is 40.2 Å². The van der Waals surface area contributed by atoms with Crippen LogP contribution in [0.4, 0.5) is 0 Å². The van der Waals surface area contributed by atoms with Crippen LogP contribution in [-0.4, -0.2) is 80.0 Å². The Morgan fingerprint density at radius 2 is 1.16 bits per heavy atom. The van der Waals surface area contributed by atoms with E-state index in [9.17, 15) is 28.8 Å². The van der Waals surface area contributed by atoms with Gasteiger partial charge < -0.3 is 48.1 Å². The van der Waals surface area contributed by atoms with E-state index in [1.165, 1.54) is 0 Å². The van der Waals surface area contributed by atoms with Gasteiger partial charge in [-0.3, -0.25) is 34.3 Å². The second-order valence-electron chi connectivity index (χ2n) is 9.37. The number of nitrogens with zero attached hydrogens (tertiary/aromatic N) is 2. The van der Waals surface area contributed by atoms with E-state index < -0.39 is 17.1 Å². The van der Waals surface area contributed by atoms with Gasteiger partial charge in [0.25, 0.3) is 16.7 Å². The van der Waals surface area contributed by atoms with Crippen molar-refractivity contribution >= 4 is 17.6 Å². The molecule has 0 unspecified atom stereocenters. The molecule has 250 valence electrons. The second-order valence-corrected chi connectivity index (χ2v) is 9.64. The number of halogens is 1. The number of aromatic nitrogens is 6. The third-order valence-electron chi connectivity index (χ3n) is 6.09. The first-order chi connectivity index (χ1) is 21.3. The largest absolute Gasteiger partial charge is 0.370 e. The Morgan fingerprint density at radius 3 is 1.58 bits per heavy atom. The molecule has 15 N–H and O–H groups in total. The second kappa shape index (κ2) is 19.7. The van der Waals surface area contributed by atoms with Gasteiger partial charge >= 0.3 is 17.1 Å². The standard InChI is InChI=1S/C9H13N5O2.C8H14N4O2.C6H7ClN2O2.C2H8N2/c1-5-6(12-9(16)13-7(5)15)4-14-3-2-11-8(14)10;1-5-6(4-10-3-2-9)11-8(14)12-7(5)13;1-3-4(2-7)8-6(11)9-5(3)10;3-1-2-4/h2-4H2,1H3,(H2,10,11)(H2,12,13,15,16);10H,2-4,9H2,1H3,(H2,11,12,13,14);2H2,1H3,(H2,8,9,10,11);1-4H2. The summed E-state index contributed by atoms with van der Waals surface area (Å²) in [6, 6.07) is 0. The molecular weight excluding hydrogens is 614 g/mol. The third-order valence-corrected chi connectivity index (χ3v) is 6.36. The average Bonchev–Trinajstić information content (AvgIpc) is 3.40. The van der Waals surface area contributed by atoms with Crippen molar-refractivity contribution in [3.05, 3.63) is 96.3 Å². The van der Waals surface area contributed by atoms with Crippen LogP contribution in [0.2, 0.25) is 0 Å². The molecule has 0 fully saturated rings. The van der Waals surface area contributed by atoms with Gasteiger partial charge in [0, 0.05) is 73.0 Å². The number of aromatic amines is 6. The summed E-state index contributed by atoms with van der Waals surface area (Å²) in [4.78, 5) is 86.0. The van der Waals surface area contributed by atoms with Crippen molar-refractivity contribution in [3.63, 3.8) is 0 Å². The molecule has 19 nitrogen and oxygen atoms in total. The molecule has 0 radical (unpaired) electrons. The minimum Gasteiger partial charge on any atom is -0.370 e. The molecule has 1 aliphatic heterocycles. The van der Waals surface area contributed by atoms with E-state index in [4.69, 9.17) is 34.5 Å². The lowest BCUT2D eigenvalue weighted by atomic mass is 10.2. The predicted molar refractivity (Wildman–Crippen MR) is 173 cm³/mol. The molecular formula is C25H42ClN13O6. The summed E-state index contributed by atoms with van der Waals surface area (Å²) in [7, 11) is 0. The zero-order valence-corrected chi connectivity index (χ0v) is 26.2. The molecule has 0 atom stereocenters. The van der Waals surface area contributed by atoms with Crippen LogP contribution < -0.4 is 62.0 Å². The van der Waals surface area contributed by atoms with Gasteiger partial charge in [-0.15, -0.1) is 11.6 Å². The van der Waals surface area contributed by atoms with E-state index >= 15 is 0 Å². The zero-order chi connectivity index (χ0) is 34.1. The Balaban J connectivity index is 0.000000323. The summed E-state index contributed by atoms with van der Waals surface area (Å²) < 4.78 is 0. The molecule has 4 heterocycles. The molecule has 0 saturated carbocycles. The van der Waals surface area contributed by atoms with Crippen molar-refractivity contribution in [1.82, 2.24) is 40.1 Å². The molecule has 3 aromatic heterocycles. The molecule has 0 amide bonds. The highest BCUT2D eigenvalue weighted by atomic mass is 35.5. The molecule has 0 aromatic carbocycles. The topological polar surface area (TPSA) is 329 Å². The van der Waals surface area contributed by atoms with E-state index in [-0.39, 0.29) is 22.6 Å². The Bertz CT molecular complexity index is 1750. The molecule has 0 aliphatic carbocycles. The van der Waals surface area contributed by atoms with Crippen LogP contribution in [0.5, 0.6) is 0 Å². The summed E-state index contributed by atoms with van der Waals surface area (Å²) in [6.07, 6.45) is 0. The lowest BCUT2D eigenvalue weighted by Gasteiger charge is -2.17. The van der Waals surface area contributed by atoms with Gasteiger partial charge in [0.1, 0.15) is 0 Å². The quantitative estimate of drug-likeness (QED) is 0.0815. The fraction of sp³-hybridized carbons (Fsp3) is 0.480. The predicted octanol–water partition coefficient (Wildman–Crippen LogP) is -4.06. The molecule has 1 aliphatic rings. The van der Waals surface area contributed by atoms with E-state index in [1.54, 1.807) is 20.8 Å². The molecule has 0 spiro atoms. The highest BCUT2D eigenvalue weighted by molar-refractivity contribution is 6.16. The van der Waals surface area contributed by atoms with Crippen molar-refractivity contribution in [2.24, 2.45) is 27.9 Å². The highest BCUT2D eigenvalue weighted by Crippen LogP contribution is 2.05. The van der Waals surface area contributed by atoms with E-state index in [0.29, 0.717) is 92.1 Å². The number of nitrogens with two attached hydrogens (primary N) is 4. The maximum atomic E-state index is 11.4. The number of H-pyrrole nitrogens is 6. The van der Waals surface area contributed by atoms with Crippen LogP contribution in [0.1, 0.15) is 33.8 Å². The monoisotopic (exact) mass is 655 g/mol. The van der Waals surface area contributed by atoms with Gasteiger partial charge in [0.2, 0.25) is 0 Å². The Morgan fingerprint density at radius 1 is 0.711 bits per heavy atom. The van der Waals surface area contributed by atoms with Gasteiger partial charge in [0.05, 0.1) is 19.0 Å². The first kappa shape index (κ1) is 38.5. The number of aliphatic imine (C=N–C) groups is 1. The molecule has 4 rings (SSSR count). The van der Waals surface area contributed by atoms with Crippen LogP contribution in [0, 0.1) is 20.8 Å². The summed E-state index contributed by atoms with van der Waals surface area (Å²) in [5.41, 5.74) is 21.3. The maximum Gasteiger partial charge on any atom is 0.325 e. The summed E-state index contributed by atoms with van der Waals surface area (Å²) in [5, 5.41) is 3.00. The van der Waals surface area contributed by atoms with Gasteiger partial charge in [-0.25, -0.2) is 14.4 Å². The smallest absolute Gasteiger partial charge is 0.325 e. The van der Waals surface area contributed by atoms with Gasteiger partial charge in [-0.05, 0) is 20.8 Å². The Kier molecular flexibility index (Phi) is 16.8. The number of nitrogens with one attached hydrogen (secondary N) is 7. The molecule has 0 bridgehead atoms. The summed E-state index contributed by atoms with van der Waals surface area (Å²) in [5.74, 6) is 0.589. The molecule has 3 aromatic rings. The van der Waals surface area contributed by atoms with E-state index in [0.717, 1.165) is 0 Å². The van der Waals surface area contributed by atoms with Crippen molar-refractivity contribution in [3.8, 4) is 0 Å². The van der Waals surface area contributed by atoms with Gasteiger partial charge in [0.15, 0.2) is 5.96 Å². The normalized spacial score (nSPS) is 11.8. The minimum atomic E-state index is -0.517. The SMILES string of the molecule is Cc1c(CCl)[nH]c(=O)[nH]c1=O.Cc1c(CN2CCN=C2N)[nH]c(=O)[nH]c1=O.Cc1c(CNCCN)[nH]c(=O)[nH]c1=O.NCCN. The summed E-state index contributed by atoms with van der Waals surface area (Å²) >= 11 is 5.45. The van der Waals surface area contributed by atoms with Crippen molar-refractivity contribution in [2.45, 2.75) is 39.7 Å². The van der Waals surface area contributed by atoms with Crippen LogP contribution in [0.3, 0.4) is 0 Å². The van der Waals surface area contributed by atoms with Crippen LogP contribution >= 0.6 is 11.6 Å². The van der Waals surface area contributed by atoms with E-state index in [1.807, 2.05) is 4.90 Å². The number of hydrogen-bond acceptors (Lipinski definition) is 13. The Hall–Kier alpha value is -4.56. The van der Waals surface area contributed by atoms with Crippen LogP contribution in [0.25, 0.3) is 0 Å². The molecule has 20 heteroatoms. The maximum absolute atomic E-state index is 11.4.